The van der Waals surface area contributed by atoms with Gasteiger partial charge in [0, 0.05) is 18.3 Å². The molecule has 0 spiro atoms. The van der Waals surface area contributed by atoms with Crippen LogP contribution in [0.4, 0.5) is 5.69 Å². The maximum atomic E-state index is 5.64. The van der Waals surface area contributed by atoms with Gasteiger partial charge in [-0.15, -0.1) is 0 Å². The Kier molecular flexibility index (Phi) is 5.55. The van der Waals surface area contributed by atoms with Crippen LogP contribution in [0.1, 0.15) is 12.5 Å². The summed E-state index contributed by atoms with van der Waals surface area (Å²) in [5, 5.41) is 3.34. The van der Waals surface area contributed by atoms with Crippen LogP contribution in [-0.4, -0.2) is 28.5 Å². The monoisotopic (exact) mass is 255 g/mol. The molecule has 88 valence electrons. The summed E-state index contributed by atoms with van der Waals surface area (Å²) in [7, 11) is 0. The summed E-state index contributed by atoms with van der Waals surface area (Å²) in [6.45, 7) is 3.11. The van der Waals surface area contributed by atoms with Gasteiger partial charge in [-0.1, -0.05) is 19.1 Å². The van der Waals surface area contributed by atoms with Crippen molar-refractivity contribution < 1.29 is 0 Å². The number of thioether (sulfide) groups is 1. The molecule has 0 aliphatic rings. The van der Waals surface area contributed by atoms with Gasteiger partial charge in [0.1, 0.15) is 4.99 Å². The van der Waals surface area contributed by atoms with Gasteiger partial charge in [0.05, 0.1) is 11.9 Å². The maximum absolute atomic E-state index is 5.64. The minimum Gasteiger partial charge on any atom is -0.389 e. The highest BCUT2D eigenvalue weighted by Crippen LogP contribution is 2.14. The van der Waals surface area contributed by atoms with Crippen LogP contribution in [0.15, 0.2) is 18.5 Å². The Bertz CT molecular complexity index is 355. The Morgan fingerprint density at radius 1 is 1.69 bits per heavy atom. The fraction of sp³-hybridized carbons (Fsp3) is 0.455. The van der Waals surface area contributed by atoms with Crippen molar-refractivity contribution in [3.63, 3.8) is 0 Å². The summed E-state index contributed by atoms with van der Waals surface area (Å²) in [6, 6.07) is 1.84. The van der Waals surface area contributed by atoms with Crippen LogP contribution in [-0.2, 0) is 0 Å². The topological polar surface area (TPSA) is 50.9 Å². The number of pyridine rings is 1. The third-order valence-corrected chi connectivity index (χ3v) is 3.30. The fourth-order valence-corrected chi connectivity index (χ4v) is 2.24. The van der Waals surface area contributed by atoms with Crippen molar-refractivity contribution in [3.05, 3.63) is 24.0 Å². The molecular weight excluding hydrogens is 238 g/mol. The molecule has 0 aliphatic heterocycles. The molecular formula is C11H17N3S2. The molecule has 0 aromatic carbocycles. The molecule has 0 aliphatic carbocycles. The molecule has 1 atom stereocenters. The second kappa shape index (κ2) is 6.70. The van der Waals surface area contributed by atoms with Gasteiger partial charge in [0.25, 0.3) is 0 Å². The second-order valence-electron chi connectivity index (χ2n) is 3.73. The number of thiocarbonyl (C=S) groups is 1. The van der Waals surface area contributed by atoms with Crippen molar-refractivity contribution in [1.29, 1.82) is 0 Å². The van der Waals surface area contributed by atoms with Crippen LogP contribution in [0.3, 0.4) is 0 Å². The van der Waals surface area contributed by atoms with Crippen molar-refractivity contribution >= 4 is 34.7 Å². The molecule has 1 aromatic heterocycles. The SMILES string of the molecule is CSCC(C)CNc1cnccc1C(N)=S. The number of nitrogens with zero attached hydrogens (tertiary/aromatic N) is 1. The minimum atomic E-state index is 0.405. The van der Waals surface area contributed by atoms with Gasteiger partial charge < -0.3 is 11.1 Å². The molecule has 1 heterocycles. The lowest BCUT2D eigenvalue weighted by Crippen LogP contribution is -2.17. The molecule has 1 unspecified atom stereocenters. The zero-order valence-corrected chi connectivity index (χ0v) is 11.2. The van der Waals surface area contributed by atoms with Crippen LogP contribution in [0.2, 0.25) is 0 Å². The number of aromatic nitrogens is 1. The molecule has 1 rings (SSSR count). The van der Waals surface area contributed by atoms with Gasteiger partial charge in [-0.3, -0.25) is 4.98 Å². The fourth-order valence-electron chi connectivity index (χ4n) is 1.38. The van der Waals surface area contributed by atoms with E-state index in [1.54, 1.807) is 12.4 Å². The normalized spacial score (nSPS) is 12.1. The lowest BCUT2D eigenvalue weighted by molar-refractivity contribution is 0.701. The van der Waals surface area contributed by atoms with Gasteiger partial charge >= 0.3 is 0 Å². The third kappa shape index (κ3) is 3.98. The van der Waals surface area contributed by atoms with Crippen molar-refractivity contribution in [2.75, 3.05) is 23.9 Å². The minimum absolute atomic E-state index is 0.405. The predicted molar refractivity (Wildman–Crippen MR) is 76.2 cm³/mol. The van der Waals surface area contributed by atoms with Crippen molar-refractivity contribution in [3.8, 4) is 0 Å². The molecule has 0 bridgehead atoms. The Morgan fingerprint density at radius 2 is 2.44 bits per heavy atom. The quantitative estimate of drug-likeness (QED) is 0.763. The van der Waals surface area contributed by atoms with Crippen LogP contribution < -0.4 is 11.1 Å². The lowest BCUT2D eigenvalue weighted by atomic mass is 10.2. The number of rotatable bonds is 6. The summed E-state index contributed by atoms with van der Waals surface area (Å²) >= 11 is 6.84. The van der Waals surface area contributed by atoms with Crippen LogP contribution >= 0.6 is 24.0 Å². The number of nitrogens with two attached hydrogens (primary N) is 1. The number of hydrogen-bond acceptors (Lipinski definition) is 4. The molecule has 0 fully saturated rings. The Hall–Kier alpha value is -0.810. The first kappa shape index (κ1) is 13.3. The third-order valence-electron chi connectivity index (χ3n) is 2.18. The second-order valence-corrected chi connectivity index (χ2v) is 5.08. The smallest absolute Gasteiger partial charge is 0.106 e. The standard InChI is InChI=1S/C11H17N3S2/c1-8(7-16-2)5-14-10-6-13-4-3-9(10)11(12)15/h3-4,6,8,14H,5,7H2,1-2H3,(H2,12,15). The largest absolute Gasteiger partial charge is 0.389 e. The molecule has 16 heavy (non-hydrogen) atoms. The Morgan fingerprint density at radius 3 is 3.06 bits per heavy atom. The number of hydrogen-bond donors (Lipinski definition) is 2. The number of nitrogens with one attached hydrogen (secondary N) is 1. The molecule has 5 heteroatoms. The van der Waals surface area contributed by atoms with Crippen molar-refractivity contribution in [2.24, 2.45) is 11.7 Å². The first-order chi connectivity index (χ1) is 7.65. The average molecular weight is 255 g/mol. The zero-order chi connectivity index (χ0) is 12.0. The van der Waals surface area contributed by atoms with Crippen LogP contribution in [0, 0.1) is 5.92 Å². The van der Waals surface area contributed by atoms with E-state index in [9.17, 15) is 0 Å². The van der Waals surface area contributed by atoms with E-state index in [-0.39, 0.29) is 0 Å². The molecule has 3 N–H and O–H groups in total. The molecule has 0 saturated carbocycles. The summed E-state index contributed by atoms with van der Waals surface area (Å²) < 4.78 is 0. The van der Waals surface area contributed by atoms with E-state index in [1.807, 2.05) is 17.8 Å². The highest BCUT2D eigenvalue weighted by atomic mass is 32.2. The molecule has 0 amide bonds. The van der Waals surface area contributed by atoms with Crippen LogP contribution in [0.5, 0.6) is 0 Å². The van der Waals surface area contributed by atoms with Gasteiger partial charge in [-0.05, 0) is 24.0 Å². The van der Waals surface area contributed by atoms with E-state index in [1.165, 1.54) is 0 Å². The van der Waals surface area contributed by atoms with E-state index in [0.717, 1.165) is 23.5 Å². The molecule has 1 aromatic rings. The summed E-state index contributed by atoms with van der Waals surface area (Å²) in [5.41, 5.74) is 7.42. The first-order valence-corrected chi connectivity index (χ1v) is 6.92. The van der Waals surface area contributed by atoms with Crippen LogP contribution in [0.25, 0.3) is 0 Å². The number of anilines is 1. The molecule has 3 nitrogen and oxygen atoms in total. The van der Waals surface area contributed by atoms with Gasteiger partial charge in [0.15, 0.2) is 0 Å². The van der Waals surface area contributed by atoms with E-state index >= 15 is 0 Å². The van der Waals surface area contributed by atoms with E-state index in [4.69, 9.17) is 18.0 Å². The zero-order valence-electron chi connectivity index (χ0n) is 9.56. The van der Waals surface area contributed by atoms with Gasteiger partial charge in [-0.25, -0.2) is 0 Å². The van der Waals surface area contributed by atoms with E-state index in [2.05, 4.69) is 23.5 Å². The van der Waals surface area contributed by atoms with E-state index < -0.39 is 0 Å². The first-order valence-electron chi connectivity index (χ1n) is 5.11. The predicted octanol–water partition coefficient (Wildman–Crippen LogP) is 2.13. The van der Waals surface area contributed by atoms with Gasteiger partial charge in [0.2, 0.25) is 0 Å². The summed E-state index contributed by atoms with van der Waals surface area (Å²) in [6.07, 6.45) is 5.58. The average Bonchev–Trinajstić information content (AvgIpc) is 2.27. The van der Waals surface area contributed by atoms with Crippen molar-refractivity contribution in [2.45, 2.75) is 6.92 Å². The highest BCUT2D eigenvalue weighted by Gasteiger charge is 2.06. The summed E-state index contributed by atoms with van der Waals surface area (Å²) in [5.74, 6) is 1.74. The Labute approximate surface area is 106 Å². The molecule has 0 radical (unpaired) electrons. The Balaban J connectivity index is 2.63. The lowest BCUT2D eigenvalue weighted by Gasteiger charge is -2.14. The highest BCUT2D eigenvalue weighted by molar-refractivity contribution is 7.98. The maximum Gasteiger partial charge on any atom is 0.106 e. The summed E-state index contributed by atoms with van der Waals surface area (Å²) in [4.78, 5) is 4.47. The molecule has 0 saturated heterocycles. The van der Waals surface area contributed by atoms with E-state index in [0.29, 0.717) is 10.9 Å². The van der Waals surface area contributed by atoms with Crippen molar-refractivity contribution in [1.82, 2.24) is 4.98 Å². The van der Waals surface area contributed by atoms with Gasteiger partial charge in [-0.2, -0.15) is 11.8 Å².